The molecule has 1 heterocycles. The molecule has 0 saturated carbocycles. The van der Waals surface area contributed by atoms with Crippen LogP contribution in [0.1, 0.15) is 37.7 Å². The smallest absolute Gasteiger partial charge is 0.335 e. The third kappa shape index (κ3) is 4.20. The lowest BCUT2D eigenvalue weighted by Crippen LogP contribution is -2.07. The first-order chi connectivity index (χ1) is 13.7. The van der Waals surface area contributed by atoms with Crippen LogP contribution in [0.25, 0.3) is 5.69 Å². The largest absolute Gasteiger partial charge is 0.478 e. The van der Waals surface area contributed by atoms with Gasteiger partial charge in [-0.2, -0.15) is 0 Å². The van der Waals surface area contributed by atoms with Gasteiger partial charge in [0.1, 0.15) is 5.82 Å². The Bertz CT molecular complexity index is 1140. The lowest BCUT2D eigenvalue weighted by molar-refractivity contribution is 0.0696. The summed E-state index contributed by atoms with van der Waals surface area (Å²) in [6.07, 6.45) is 1.58. The molecule has 0 bridgehead atoms. The highest BCUT2D eigenvalue weighted by atomic mass is 35.5. The number of aryl methyl sites for hydroxylation is 1. The van der Waals surface area contributed by atoms with Crippen LogP contribution in [0.3, 0.4) is 0 Å². The van der Waals surface area contributed by atoms with Crippen LogP contribution in [0.4, 0.5) is 10.1 Å². The molecule has 0 atom stereocenters. The molecule has 3 rings (SSSR count). The summed E-state index contributed by atoms with van der Waals surface area (Å²) >= 11 is 5.77. The Morgan fingerprint density at radius 1 is 1.03 bits per heavy atom. The first-order valence-electron chi connectivity index (χ1n) is 8.47. The number of nitrogens with zero attached hydrogens (tertiary/aromatic N) is 2. The van der Waals surface area contributed by atoms with E-state index in [1.165, 1.54) is 30.3 Å². The second kappa shape index (κ2) is 7.89. The molecule has 0 unspecified atom stereocenters. The van der Waals surface area contributed by atoms with E-state index in [1.807, 2.05) is 13.0 Å². The molecule has 0 amide bonds. The number of hydrogen-bond acceptors (Lipinski definition) is 3. The van der Waals surface area contributed by atoms with E-state index in [0.717, 1.165) is 23.0 Å². The summed E-state index contributed by atoms with van der Waals surface area (Å²) in [6, 6.07) is 9.89. The monoisotopic (exact) mass is 414 g/mol. The van der Waals surface area contributed by atoms with Crippen molar-refractivity contribution in [3.05, 3.63) is 81.4 Å². The topological polar surface area (TPSA) is 91.9 Å². The molecular weight excluding hydrogens is 399 g/mol. The highest BCUT2D eigenvalue weighted by Crippen LogP contribution is 2.24. The molecular formula is C21H16ClFN2O4. The maximum absolute atomic E-state index is 13.3. The van der Waals surface area contributed by atoms with E-state index in [1.54, 1.807) is 17.7 Å². The molecule has 0 aliphatic carbocycles. The van der Waals surface area contributed by atoms with Crippen LogP contribution in [0.5, 0.6) is 0 Å². The van der Waals surface area contributed by atoms with Crippen LogP contribution in [0, 0.1) is 19.7 Å². The maximum atomic E-state index is 13.3. The predicted molar refractivity (Wildman–Crippen MR) is 108 cm³/mol. The maximum Gasteiger partial charge on any atom is 0.335 e. The number of rotatable bonds is 5. The number of carboxylic acid groups (broad SMARTS) is 2. The average Bonchev–Trinajstić information content (AvgIpc) is 2.95. The molecule has 0 aliphatic rings. The predicted octanol–water partition coefficient (Wildman–Crippen LogP) is 5.03. The van der Waals surface area contributed by atoms with Gasteiger partial charge in [0.15, 0.2) is 0 Å². The Labute approximate surface area is 170 Å². The number of hydrogen-bond donors (Lipinski definition) is 2. The molecule has 0 saturated heterocycles. The van der Waals surface area contributed by atoms with Crippen LogP contribution in [-0.4, -0.2) is 32.9 Å². The van der Waals surface area contributed by atoms with Gasteiger partial charge in [-0.1, -0.05) is 11.6 Å². The second-order valence-corrected chi connectivity index (χ2v) is 6.80. The number of halogens is 2. The van der Waals surface area contributed by atoms with Gasteiger partial charge in [0.25, 0.3) is 0 Å². The van der Waals surface area contributed by atoms with E-state index >= 15 is 0 Å². The molecule has 2 aromatic carbocycles. The molecule has 0 fully saturated rings. The summed E-state index contributed by atoms with van der Waals surface area (Å²) in [5, 5.41) is 18.6. The van der Waals surface area contributed by atoms with Gasteiger partial charge in [-0.3, -0.25) is 4.99 Å². The highest BCUT2D eigenvalue weighted by Gasteiger charge is 2.16. The summed E-state index contributed by atoms with van der Waals surface area (Å²) in [7, 11) is 0. The molecule has 29 heavy (non-hydrogen) atoms. The number of aliphatic imine (C=N–C) groups is 1. The van der Waals surface area contributed by atoms with Crippen molar-refractivity contribution < 1.29 is 24.2 Å². The fourth-order valence-corrected chi connectivity index (χ4v) is 3.19. The summed E-state index contributed by atoms with van der Waals surface area (Å²) in [5.74, 6) is -2.96. The first-order valence-corrected chi connectivity index (χ1v) is 8.85. The minimum atomic E-state index is -1.22. The Balaban J connectivity index is 2.06. The van der Waals surface area contributed by atoms with E-state index in [2.05, 4.69) is 4.99 Å². The fraction of sp³-hybridized carbons (Fsp3) is 0.0952. The summed E-state index contributed by atoms with van der Waals surface area (Å²) < 4.78 is 15.0. The Morgan fingerprint density at radius 3 is 2.21 bits per heavy atom. The van der Waals surface area contributed by atoms with Crippen LogP contribution in [0.2, 0.25) is 5.02 Å². The van der Waals surface area contributed by atoms with E-state index in [-0.39, 0.29) is 16.1 Å². The fourth-order valence-electron chi connectivity index (χ4n) is 3.01. The first kappa shape index (κ1) is 20.3. The van der Waals surface area contributed by atoms with Crippen molar-refractivity contribution in [2.75, 3.05) is 0 Å². The zero-order valence-electron chi connectivity index (χ0n) is 15.5. The molecule has 3 aromatic rings. The normalized spacial score (nSPS) is 11.2. The molecule has 0 radical (unpaired) electrons. The SMILES string of the molecule is Cc1cc(C=Nc2ccc(F)c(Cl)c2)c(C)n1-c1cc(C(=O)O)cc(C(=O)O)c1. The van der Waals surface area contributed by atoms with E-state index < -0.39 is 17.8 Å². The Morgan fingerprint density at radius 2 is 1.66 bits per heavy atom. The van der Waals surface area contributed by atoms with Crippen LogP contribution in [0.15, 0.2) is 47.5 Å². The third-order valence-corrected chi connectivity index (χ3v) is 4.69. The molecule has 2 N–H and O–H groups in total. The zero-order chi connectivity index (χ0) is 21.3. The molecule has 8 heteroatoms. The van der Waals surface area contributed by atoms with Gasteiger partial charge in [-0.15, -0.1) is 0 Å². The molecule has 148 valence electrons. The summed E-state index contributed by atoms with van der Waals surface area (Å²) in [5.41, 5.74) is 2.88. The van der Waals surface area contributed by atoms with Crippen LogP contribution in [-0.2, 0) is 0 Å². The lowest BCUT2D eigenvalue weighted by atomic mass is 10.1. The molecule has 1 aromatic heterocycles. The van der Waals surface area contributed by atoms with Gasteiger partial charge < -0.3 is 14.8 Å². The van der Waals surface area contributed by atoms with E-state index in [9.17, 15) is 24.2 Å². The summed E-state index contributed by atoms with van der Waals surface area (Å²) in [4.78, 5) is 27.1. The molecule has 0 aliphatic heterocycles. The lowest BCUT2D eigenvalue weighted by Gasteiger charge is -2.12. The van der Waals surface area contributed by atoms with Crippen molar-refractivity contribution in [2.45, 2.75) is 13.8 Å². The zero-order valence-corrected chi connectivity index (χ0v) is 16.2. The van der Waals surface area contributed by atoms with Gasteiger partial charge in [0.05, 0.1) is 21.8 Å². The Kier molecular flexibility index (Phi) is 5.52. The number of aromatic carboxylic acids is 2. The van der Waals surface area contributed by atoms with Gasteiger partial charge in [0, 0.05) is 28.9 Å². The number of aromatic nitrogens is 1. The van der Waals surface area contributed by atoms with E-state index in [4.69, 9.17) is 11.6 Å². The van der Waals surface area contributed by atoms with Gasteiger partial charge in [-0.05, 0) is 56.3 Å². The summed E-state index contributed by atoms with van der Waals surface area (Å²) in [6.45, 7) is 3.62. The van der Waals surface area contributed by atoms with Crippen molar-refractivity contribution in [1.29, 1.82) is 0 Å². The highest BCUT2D eigenvalue weighted by molar-refractivity contribution is 6.31. The standard InChI is InChI=1S/C21H16ClFN2O4/c1-11-5-15(10-24-16-3-4-19(23)18(22)9-16)12(2)25(11)17-7-13(20(26)27)6-14(8-17)21(28)29/h3-10H,1-2H3,(H,26,27)(H,28,29). The van der Waals surface area contributed by atoms with E-state index in [0.29, 0.717) is 11.4 Å². The number of carbonyl (C=O) groups is 2. The molecule has 0 spiro atoms. The second-order valence-electron chi connectivity index (χ2n) is 6.40. The quantitative estimate of drug-likeness (QED) is 0.572. The number of benzene rings is 2. The van der Waals surface area contributed by atoms with Gasteiger partial charge >= 0.3 is 11.9 Å². The van der Waals surface area contributed by atoms with Crippen molar-refractivity contribution >= 4 is 35.4 Å². The number of carboxylic acids is 2. The third-order valence-electron chi connectivity index (χ3n) is 4.40. The Hall–Kier alpha value is -3.45. The van der Waals surface area contributed by atoms with Gasteiger partial charge in [0.2, 0.25) is 0 Å². The van der Waals surface area contributed by atoms with Crippen molar-refractivity contribution in [2.24, 2.45) is 4.99 Å². The molecule has 6 nitrogen and oxygen atoms in total. The van der Waals surface area contributed by atoms with Crippen molar-refractivity contribution in [3.8, 4) is 5.69 Å². The minimum absolute atomic E-state index is 0.0307. The van der Waals surface area contributed by atoms with Crippen molar-refractivity contribution in [1.82, 2.24) is 4.57 Å². The van der Waals surface area contributed by atoms with Crippen LogP contribution < -0.4 is 0 Å². The van der Waals surface area contributed by atoms with Gasteiger partial charge in [-0.25, -0.2) is 14.0 Å². The van der Waals surface area contributed by atoms with Crippen molar-refractivity contribution in [3.63, 3.8) is 0 Å². The minimum Gasteiger partial charge on any atom is -0.478 e. The van der Waals surface area contributed by atoms with Crippen LogP contribution >= 0.6 is 11.6 Å². The average molecular weight is 415 g/mol.